The fourth-order valence-corrected chi connectivity index (χ4v) is 7.28. The number of hydrogen-bond acceptors (Lipinski definition) is 4. The molecule has 0 N–H and O–H groups in total. The first-order valence-corrected chi connectivity index (χ1v) is 11.7. The van der Waals surface area contributed by atoms with Crippen LogP contribution in [0, 0.1) is 27.4 Å². The van der Waals surface area contributed by atoms with Gasteiger partial charge in [-0.25, -0.2) is 0 Å². The second kappa shape index (κ2) is 7.32. The van der Waals surface area contributed by atoms with Crippen molar-refractivity contribution in [1.82, 2.24) is 0 Å². The highest BCUT2D eigenvalue weighted by atomic mass is 16.6. The number of nitrogens with zero attached hydrogens (tertiary/aromatic N) is 2. The zero-order valence-electron chi connectivity index (χ0n) is 18.8. The summed E-state index contributed by atoms with van der Waals surface area (Å²) in [6.45, 7) is 2.19. The SMILES string of the molecule is CN(C)c1ccc([C@H]2C[C@]3(C)[C@@H]([N+](=O)[O-])CC[C@H]3[C@@H]3CCC4=CC(=O)CCC4=C32)cc1. The van der Waals surface area contributed by atoms with Gasteiger partial charge in [0.15, 0.2) is 5.78 Å². The Morgan fingerprint density at radius 1 is 1.06 bits per heavy atom. The van der Waals surface area contributed by atoms with Crippen molar-refractivity contribution < 1.29 is 9.72 Å². The maximum Gasteiger partial charge on any atom is 0.218 e. The number of carbonyl (C=O) groups is 1. The van der Waals surface area contributed by atoms with Gasteiger partial charge in [-0.3, -0.25) is 14.9 Å². The van der Waals surface area contributed by atoms with Crippen LogP contribution in [0.1, 0.15) is 63.4 Å². The zero-order chi connectivity index (χ0) is 21.9. The van der Waals surface area contributed by atoms with E-state index in [1.54, 1.807) is 0 Å². The van der Waals surface area contributed by atoms with Crippen LogP contribution in [-0.2, 0) is 4.79 Å². The first kappa shape index (κ1) is 20.5. The van der Waals surface area contributed by atoms with Crippen LogP contribution in [-0.4, -0.2) is 30.8 Å². The predicted octanol–water partition coefficient (Wildman–Crippen LogP) is 5.30. The molecular formula is C26H32N2O3. The highest BCUT2D eigenvalue weighted by Gasteiger charge is 2.61. The molecule has 0 aliphatic heterocycles. The number of hydrogen-bond donors (Lipinski definition) is 0. The molecule has 0 saturated heterocycles. The Morgan fingerprint density at radius 3 is 2.48 bits per heavy atom. The lowest BCUT2D eigenvalue weighted by Crippen LogP contribution is -2.47. The number of rotatable bonds is 3. The molecule has 5 atom stereocenters. The Bertz CT molecular complexity index is 990. The molecule has 5 rings (SSSR count). The Hall–Kier alpha value is -2.43. The van der Waals surface area contributed by atoms with E-state index in [1.165, 1.54) is 22.3 Å². The van der Waals surface area contributed by atoms with Gasteiger partial charge in [0.05, 0.1) is 0 Å². The van der Waals surface area contributed by atoms with Gasteiger partial charge in [0.25, 0.3) is 0 Å². The first-order chi connectivity index (χ1) is 14.8. The molecule has 4 aliphatic carbocycles. The lowest BCUT2D eigenvalue weighted by molar-refractivity contribution is -0.540. The van der Waals surface area contributed by atoms with E-state index in [9.17, 15) is 14.9 Å². The number of ketones is 1. The Balaban J connectivity index is 1.65. The summed E-state index contributed by atoms with van der Waals surface area (Å²) in [4.78, 5) is 26.2. The van der Waals surface area contributed by atoms with Crippen LogP contribution in [0.2, 0.25) is 0 Å². The maximum absolute atomic E-state index is 12.1. The number of benzene rings is 1. The summed E-state index contributed by atoms with van der Waals surface area (Å²) in [5.74, 6) is 1.24. The van der Waals surface area contributed by atoms with E-state index in [4.69, 9.17) is 0 Å². The van der Waals surface area contributed by atoms with Crippen molar-refractivity contribution in [3.63, 3.8) is 0 Å². The normalized spacial score (nSPS) is 34.5. The summed E-state index contributed by atoms with van der Waals surface area (Å²) in [6.07, 6.45) is 7.77. The summed E-state index contributed by atoms with van der Waals surface area (Å²) >= 11 is 0. The van der Waals surface area contributed by atoms with Crippen molar-refractivity contribution >= 4 is 11.5 Å². The summed E-state index contributed by atoms with van der Waals surface area (Å²) in [5, 5.41) is 12.0. The van der Waals surface area contributed by atoms with Crippen LogP contribution in [0.25, 0.3) is 0 Å². The van der Waals surface area contributed by atoms with Crippen molar-refractivity contribution in [2.75, 3.05) is 19.0 Å². The largest absolute Gasteiger partial charge is 0.378 e. The van der Waals surface area contributed by atoms with Crippen molar-refractivity contribution in [1.29, 1.82) is 0 Å². The summed E-state index contributed by atoms with van der Waals surface area (Å²) in [6, 6.07) is 8.31. The van der Waals surface area contributed by atoms with Crippen molar-refractivity contribution in [3.8, 4) is 0 Å². The smallest absolute Gasteiger partial charge is 0.218 e. The van der Waals surface area contributed by atoms with E-state index in [0.29, 0.717) is 24.7 Å². The van der Waals surface area contributed by atoms with Crippen molar-refractivity contribution in [2.45, 2.75) is 63.8 Å². The summed E-state index contributed by atoms with van der Waals surface area (Å²) in [5.41, 5.74) is 6.32. The molecule has 0 bridgehead atoms. The summed E-state index contributed by atoms with van der Waals surface area (Å²) < 4.78 is 0. The van der Waals surface area contributed by atoms with Gasteiger partial charge in [-0.2, -0.15) is 0 Å². The molecule has 2 fully saturated rings. The van der Waals surface area contributed by atoms with Crippen LogP contribution in [0.4, 0.5) is 5.69 Å². The topological polar surface area (TPSA) is 63.4 Å². The number of fused-ring (bicyclic) bond motifs is 4. The molecule has 0 unspecified atom stereocenters. The standard InChI is InChI=1S/C26H32N2O3/c1-26-15-22(16-4-7-18(8-5-16)27(2)3)25-20-11-9-19(29)14-17(20)6-10-21(25)23(26)12-13-24(26)28(30)31/h4-5,7-8,14,21-24H,6,9-13,15H2,1-3H3/t21-,22+,23-,24-,26-/m0/s1. The Morgan fingerprint density at radius 2 is 1.81 bits per heavy atom. The third-order valence-electron chi connectivity index (χ3n) is 8.75. The predicted molar refractivity (Wildman–Crippen MR) is 122 cm³/mol. The van der Waals surface area contributed by atoms with Gasteiger partial charge in [0, 0.05) is 48.9 Å². The monoisotopic (exact) mass is 420 g/mol. The highest BCUT2D eigenvalue weighted by molar-refractivity contribution is 5.93. The van der Waals surface area contributed by atoms with E-state index >= 15 is 0 Å². The maximum atomic E-state index is 12.1. The van der Waals surface area contributed by atoms with Crippen molar-refractivity contribution in [2.24, 2.45) is 17.3 Å². The van der Waals surface area contributed by atoms with E-state index in [-0.39, 0.29) is 22.0 Å². The number of carbonyl (C=O) groups excluding carboxylic acids is 1. The first-order valence-electron chi connectivity index (χ1n) is 11.7. The molecule has 0 aromatic heterocycles. The van der Waals surface area contributed by atoms with Gasteiger partial charge in [0.2, 0.25) is 6.04 Å². The van der Waals surface area contributed by atoms with Gasteiger partial charge in [-0.1, -0.05) is 24.6 Å². The minimum Gasteiger partial charge on any atom is -0.378 e. The zero-order valence-corrected chi connectivity index (χ0v) is 18.8. The van der Waals surface area contributed by atoms with E-state index in [1.807, 2.05) is 20.2 Å². The Labute approximate surface area is 184 Å². The van der Waals surface area contributed by atoms with Crippen LogP contribution in [0.5, 0.6) is 0 Å². The molecule has 164 valence electrons. The number of anilines is 1. The van der Waals surface area contributed by atoms with Crippen LogP contribution in [0.3, 0.4) is 0 Å². The lowest BCUT2D eigenvalue weighted by atomic mass is 9.53. The third-order valence-corrected chi connectivity index (χ3v) is 8.75. The van der Waals surface area contributed by atoms with Crippen LogP contribution in [0.15, 0.2) is 47.1 Å². The fraction of sp³-hybridized carbons (Fsp3) is 0.577. The molecule has 0 radical (unpaired) electrons. The second-order valence-corrected chi connectivity index (χ2v) is 10.4. The lowest BCUT2D eigenvalue weighted by Gasteiger charge is -2.50. The summed E-state index contributed by atoms with van der Waals surface area (Å²) in [7, 11) is 4.08. The number of nitro groups is 1. The second-order valence-electron chi connectivity index (χ2n) is 10.4. The van der Waals surface area contributed by atoms with E-state index < -0.39 is 6.04 Å². The molecule has 2 saturated carbocycles. The minimum absolute atomic E-state index is 0.00221. The quantitative estimate of drug-likeness (QED) is 0.492. The molecule has 1 aromatic carbocycles. The molecule has 0 amide bonds. The van der Waals surface area contributed by atoms with Crippen LogP contribution >= 0.6 is 0 Å². The van der Waals surface area contributed by atoms with E-state index in [0.717, 1.165) is 37.8 Å². The van der Waals surface area contributed by atoms with Gasteiger partial charge in [-0.05, 0) is 78.9 Å². The molecule has 0 spiro atoms. The molecular weight excluding hydrogens is 388 g/mol. The number of allylic oxidation sites excluding steroid dienone is 4. The Kier molecular flexibility index (Phi) is 4.83. The molecule has 1 aromatic rings. The third kappa shape index (κ3) is 3.16. The van der Waals surface area contributed by atoms with Gasteiger partial charge >= 0.3 is 0 Å². The van der Waals surface area contributed by atoms with E-state index in [2.05, 4.69) is 36.1 Å². The molecule has 5 heteroatoms. The molecule has 5 nitrogen and oxygen atoms in total. The van der Waals surface area contributed by atoms with Crippen molar-refractivity contribution in [3.05, 3.63) is 62.7 Å². The highest BCUT2D eigenvalue weighted by Crippen LogP contribution is 2.64. The molecule has 0 heterocycles. The average Bonchev–Trinajstić information content (AvgIpc) is 3.10. The van der Waals surface area contributed by atoms with Crippen LogP contribution < -0.4 is 4.90 Å². The fourth-order valence-electron chi connectivity index (χ4n) is 7.28. The van der Waals surface area contributed by atoms with Gasteiger partial charge in [-0.15, -0.1) is 0 Å². The van der Waals surface area contributed by atoms with Gasteiger partial charge in [0.1, 0.15) is 0 Å². The van der Waals surface area contributed by atoms with Gasteiger partial charge < -0.3 is 4.90 Å². The molecule has 4 aliphatic rings. The minimum atomic E-state index is -0.447. The average molecular weight is 421 g/mol. The molecule has 31 heavy (non-hydrogen) atoms.